The van der Waals surface area contributed by atoms with Gasteiger partial charge in [0.2, 0.25) is 0 Å². The number of aromatic nitrogens is 1. The fourth-order valence-corrected chi connectivity index (χ4v) is 2.42. The van der Waals surface area contributed by atoms with Crippen LogP contribution >= 0.6 is 11.6 Å². The number of nitrogens with zero attached hydrogens (tertiary/aromatic N) is 2. The summed E-state index contributed by atoms with van der Waals surface area (Å²) in [5.41, 5.74) is 0.500. The Kier molecular flexibility index (Phi) is 4.04. The second-order valence-corrected chi connectivity index (χ2v) is 4.68. The maximum atomic E-state index is 12.3. The van der Waals surface area contributed by atoms with Gasteiger partial charge in [-0.15, -0.1) is 0 Å². The molecule has 1 amide bonds. The molecule has 0 spiro atoms. The fraction of sp³-hybridized carbons (Fsp3) is 0.500. The molecular formula is C12H16ClN3O2. The van der Waals surface area contributed by atoms with E-state index >= 15 is 0 Å². The fourth-order valence-electron chi connectivity index (χ4n) is 2.21. The highest BCUT2D eigenvalue weighted by molar-refractivity contribution is 6.29. The van der Waals surface area contributed by atoms with E-state index in [2.05, 4.69) is 10.3 Å². The number of aliphatic hydroxyl groups is 1. The summed E-state index contributed by atoms with van der Waals surface area (Å²) in [5.74, 6) is 0.456. The lowest BCUT2D eigenvalue weighted by Gasteiger charge is -2.23. The molecule has 1 fully saturated rings. The lowest BCUT2D eigenvalue weighted by atomic mass is 10.2. The molecule has 6 heteroatoms. The third-order valence-electron chi connectivity index (χ3n) is 3.15. The molecule has 2 rings (SSSR count). The smallest absolute Gasteiger partial charge is 0.254 e. The molecule has 0 radical (unpaired) electrons. The van der Waals surface area contributed by atoms with Crippen molar-refractivity contribution in [1.29, 1.82) is 0 Å². The molecule has 1 unspecified atom stereocenters. The van der Waals surface area contributed by atoms with Crippen molar-refractivity contribution in [3.8, 4) is 0 Å². The molecule has 2 heterocycles. The largest absolute Gasteiger partial charge is 0.394 e. The van der Waals surface area contributed by atoms with E-state index in [0.717, 1.165) is 12.8 Å². The van der Waals surface area contributed by atoms with Gasteiger partial charge in [-0.25, -0.2) is 4.98 Å². The summed E-state index contributed by atoms with van der Waals surface area (Å²) >= 11 is 5.88. The molecule has 1 atom stereocenters. The highest BCUT2D eigenvalue weighted by atomic mass is 35.5. The van der Waals surface area contributed by atoms with Gasteiger partial charge in [-0.05, 0) is 25.0 Å². The zero-order valence-electron chi connectivity index (χ0n) is 10.2. The highest BCUT2D eigenvalue weighted by Crippen LogP contribution is 2.22. The van der Waals surface area contributed by atoms with Gasteiger partial charge in [0.1, 0.15) is 11.0 Å². The van der Waals surface area contributed by atoms with Crippen LogP contribution in [0.5, 0.6) is 0 Å². The summed E-state index contributed by atoms with van der Waals surface area (Å²) in [5, 5.41) is 12.4. The number of hydrogen-bond donors (Lipinski definition) is 2. The Morgan fingerprint density at radius 1 is 1.67 bits per heavy atom. The first-order valence-electron chi connectivity index (χ1n) is 5.93. The first-order valence-corrected chi connectivity index (χ1v) is 6.30. The van der Waals surface area contributed by atoms with Crippen LogP contribution in [0.1, 0.15) is 23.2 Å². The van der Waals surface area contributed by atoms with Gasteiger partial charge in [-0.3, -0.25) is 4.79 Å². The summed E-state index contributed by atoms with van der Waals surface area (Å²) in [4.78, 5) is 18.1. The molecule has 1 aromatic rings. The van der Waals surface area contributed by atoms with Crippen molar-refractivity contribution < 1.29 is 9.90 Å². The van der Waals surface area contributed by atoms with Gasteiger partial charge >= 0.3 is 0 Å². The molecular weight excluding hydrogens is 254 g/mol. The number of amides is 1. The molecule has 0 bridgehead atoms. The van der Waals surface area contributed by atoms with Crippen molar-refractivity contribution in [1.82, 2.24) is 9.88 Å². The molecule has 0 aliphatic carbocycles. The average molecular weight is 270 g/mol. The molecule has 1 saturated heterocycles. The van der Waals surface area contributed by atoms with Crippen LogP contribution in [0.25, 0.3) is 0 Å². The maximum absolute atomic E-state index is 12.3. The number of likely N-dealkylation sites (tertiary alicyclic amines) is 1. The number of carbonyl (C=O) groups is 1. The van der Waals surface area contributed by atoms with Crippen molar-refractivity contribution in [2.24, 2.45) is 0 Å². The Balaban J connectivity index is 2.25. The van der Waals surface area contributed by atoms with E-state index in [1.165, 1.54) is 0 Å². The second kappa shape index (κ2) is 5.54. The van der Waals surface area contributed by atoms with Crippen molar-refractivity contribution >= 4 is 23.3 Å². The van der Waals surface area contributed by atoms with E-state index in [1.807, 2.05) is 0 Å². The van der Waals surface area contributed by atoms with Gasteiger partial charge in [-0.2, -0.15) is 0 Å². The van der Waals surface area contributed by atoms with Crippen LogP contribution in [0, 0.1) is 0 Å². The van der Waals surface area contributed by atoms with E-state index in [4.69, 9.17) is 11.6 Å². The first kappa shape index (κ1) is 13.1. The number of nitrogens with one attached hydrogen (secondary N) is 1. The van der Waals surface area contributed by atoms with Crippen LogP contribution in [-0.2, 0) is 0 Å². The van der Waals surface area contributed by atoms with Crippen LogP contribution in [0.4, 0.5) is 5.82 Å². The lowest BCUT2D eigenvalue weighted by molar-refractivity contribution is 0.0677. The second-order valence-electron chi connectivity index (χ2n) is 4.29. The van der Waals surface area contributed by atoms with Gasteiger partial charge in [0.05, 0.1) is 12.6 Å². The first-order chi connectivity index (χ1) is 8.65. The maximum Gasteiger partial charge on any atom is 0.254 e. The molecule has 0 aromatic carbocycles. The Bertz CT molecular complexity index is 453. The minimum atomic E-state index is -0.104. The van der Waals surface area contributed by atoms with E-state index in [-0.39, 0.29) is 23.7 Å². The number of aliphatic hydroxyl groups excluding tert-OH is 1. The summed E-state index contributed by atoms with van der Waals surface area (Å²) in [7, 11) is 1.72. The molecule has 98 valence electrons. The van der Waals surface area contributed by atoms with E-state index in [0.29, 0.717) is 17.9 Å². The van der Waals surface area contributed by atoms with E-state index in [1.54, 1.807) is 24.1 Å². The number of pyridine rings is 1. The monoisotopic (exact) mass is 269 g/mol. The summed E-state index contributed by atoms with van der Waals surface area (Å²) < 4.78 is 0. The Hall–Kier alpha value is -1.33. The Morgan fingerprint density at radius 3 is 3.11 bits per heavy atom. The minimum Gasteiger partial charge on any atom is -0.394 e. The molecule has 18 heavy (non-hydrogen) atoms. The standard InChI is InChI=1S/C12H16ClN3O2/c1-14-11-6-8(5-10(13)15-11)12(18)16-4-2-3-9(16)7-17/h5-6,9,17H,2-4,7H2,1H3,(H,14,15). The zero-order chi connectivity index (χ0) is 13.1. The summed E-state index contributed by atoms with van der Waals surface area (Å²) in [6, 6.07) is 3.14. The van der Waals surface area contributed by atoms with Gasteiger partial charge in [-0.1, -0.05) is 11.6 Å². The normalized spacial score (nSPS) is 19.1. The third kappa shape index (κ3) is 2.57. The van der Waals surface area contributed by atoms with E-state index < -0.39 is 0 Å². The van der Waals surface area contributed by atoms with Crippen molar-refractivity contribution in [2.45, 2.75) is 18.9 Å². The van der Waals surface area contributed by atoms with Crippen LogP contribution in [0.3, 0.4) is 0 Å². The van der Waals surface area contributed by atoms with Crippen LogP contribution in [-0.4, -0.2) is 47.1 Å². The zero-order valence-corrected chi connectivity index (χ0v) is 10.9. The topological polar surface area (TPSA) is 65.5 Å². The molecule has 2 N–H and O–H groups in total. The predicted octanol–water partition coefficient (Wildman–Crippen LogP) is 1.37. The van der Waals surface area contributed by atoms with Crippen LogP contribution < -0.4 is 5.32 Å². The molecule has 0 saturated carbocycles. The van der Waals surface area contributed by atoms with Gasteiger partial charge in [0.25, 0.3) is 5.91 Å². The molecule has 1 aliphatic rings. The molecule has 1 aromatic heterocycles. The van der Waals surface area contributed by atoms with Gasteiger partial charge in [0.15, 0.2) is 0 Å². The number of rotatable bonds is 3. The number of anilines is 1. The summed E-state index contributed by atoms with van der Waals surface area (Å²) in [6.07, 6.45) is 1.77. The average Bonchev–Trinajstić information content (AvgIpc) is 2.85. The van der Waals surface area contributed by atoms with Crippen molar-refractivity contribution in [3.05, 3.63) is 22.8 Å². The number of hydrogen-bond acceptors (Lipinski definition) is 4. The van der Waals surface area contributed by atoms with Crippen molar-refractivity contribution in [3.63, 3.8) is 0 Å². The molecule has 5 nitrogen and oxygen atoms in total. The Labute approximate surface area is 111 Å². The summed E-state index contributed by atoms with van der Waals surface area (Å²) in [6.45, 7) is 0.683. The highest BCUT2D eigenvalue weighted by Gasteiger charge is 2.29. The lowest BCUT2D eigenvalue weighted by Crippen LogP contribution is -2.37. The quantitative estimate of drug-likeness (QED) is 0.814. The third-order valence-corrected chi connectivity index (χ3v) is 3.34. The van der Waals surface area contributed by atoms with Crippen LogP contribution in [0.15, 0.2) is 12.1 Å². The SMILES string of the molecule is CNc1cc(C(=O)N2CCCC2CO)cc(Cl)n1. The Morgan fingerprint density at radius 2 is 2.44 bits per heavy atom. The van der Waals surface area contributed by atoms with Crippen molar-refractivity contribution in [2.75, 3.05) is 25.5 Å². The van der Waals surface area contributed by atoms with Crippen LogP contribution in [0.2, 0.25) is 5.15 Å². The van der Waals surface area contributed by atoms with Gasteiger partial charge < -0.3 is 15.3 Å². The minimum absolute atomic E-state index is 0.00341. The van der Waals surface area contributed by atoms with Gasteiger partial charge in [0, 0.05) is 19.2 Å². The predicted molar refractivity (Wildman–Crippen MR) is 69.9 cm³/mol. The molecule has 1 aliphatic heterocycles. The number of carbonyl (C=O) groups excluding carboxylic acids is 1. The number of halogens is 1. The van der Waals surface area contributed by atoms with E-state index in [9.17, 15) is 9.90 Å².